The Bertz CT molecular complexity index is 943. The molecule has 8 heteroatoms. The summed E-state index contributed by atoms with van der Waals surface area (Å²) in [4.78, 5) is 24.2. The highest BCUT2D eigenvalue weighted by molar-refractivity contribution is 7.89. The molecule has 2 aromatic rings. The number of aryl methyl sites for hydroxylation is 1. The molecule has 0 saturated carbocycles. The molecule has 0 radical (unpaired) electrons. The molecule has 3 N–H and O–H groups in total. The fraction of sp³-hybridized carbons (Fsp3) is 0.300. The summed E-state index contributed by atoms with van der Waals surface area (Å²) >= 11 is 0. The highest BCUT2D eigenvalue weighted by Crippen LogP contribution is 2.18. The molecule has 0 aliphatic rings. The average Bonchev–Trinajstić information content (AvgIpc) is 2.67. The summed E-state index contributed by atoms with van der Waals surface area (Å²) in [6.07, 6.45) is 0. The zero-order valence-electron chi connectivity index (χ0n) is 16.2. The maximum Gasteiger partial charge on any atom is 0.251 e. The van der Waals surface area contributed by atoms with Crippen molar-refractivity contribution in [2.75, 3.05) is 6.54 Å². The van der Waals surface area contributed by atoms with E-state index in [2.05, 4.69) is 15.4 Å². The minimum atomic E-state index is -3.81. The third kappa shape index (κ3) is 5.64. The Morgan fingerprint density at radius 1 is 1.07 bits per heavy atom. The van der Waals surface area contributed by atoms with Crippen LogP contribution in [0.2, 0.25) is 0 Å². The Morgan fingerprint density at radius 3 is 2.39 bits per heavy atom. The minimum absolute atomic E-state index is 0.0294. The highest BCUT2D eigenvalue weighted by atomic mass is 32.2. The van der Waals surface area contributed by atoms with E-state index in [0.29, 0.717) is 12.1 Å². The second-order valence-electron chi connectivity index (χ2n) is 6.38. The van der Waals surface area contributed by atoms with E-state index in [1.165, 1.54) is 12.1 Å². The molecule has 0 aromatic heterocycles. The summed E-state index contributed by atoms with van der Waals surface area (Å²) in [5.74, 6) is -0.821. The van der Waals surface area contributed by atoms with Crippen molar-refractivity contribution < 1.29 is 18.0 Å². The first-order valence-corrected chi connectivity index (χ1v) is 10.5. The molecule has 2 aromatic carbocycles. The van der Waals surface area contributed by atoms with Crippen molar-refractivity contribution >= 4 is 21.8 Å². The largest absolute Gasteiger partial charge is 0.355 e. The quantitative estimate of drug-likeness (QED) is 0.624. The van der Waals surface area contributed by atoms with E-state index in [0.717, 1.165) is 5.56 Å². The van der Waals surface area contributed by atoms with Crippen molar-refractivity contribution in [2.45, 2.75) is 38.3 Å². The SMILES string of the molecule is CCNC(=O)[C@@H](C)NC(=O)c1ccc(C)c(S(=O)(=O)NCc2ccccc2)c1. The molecule has 0 bridgehead atoms. The van der Waals surface area contributed by atoms with E-state index in [-0.39, 0.29) is 22.9 Å². The van der Waals surface area contributed by atoms with Gasteiger partial charge in [-0.25, -0.2) is 13.1 Å². The zero-order chi connectivity index (χ0) is 20.7. The van der Waals surface area contributed by atoms with Gasteiger partial charge in [0.25, 0.3) is 5.91 Å². The van der Waals surface area contributed by atoms with Crippen molar-refractivity contribution in [1.29, 1.82) is 0 Å². The Kier molecular flexibility index (Phi) is 7.31. The van der Waals surface area contributed by atoms with Crippen molar-refractivity contribution in [2.24, 2.45) is 0 Å². The van der Waals surface area contributed by atoms with Gasteiger partial charge in [0.05, 0.1) is 4.90 Å². The zero-order valence-corrected chi connectivity index (χ0v) is 17.0. The fourth-order valence-corrected chi connectivity index (χ4v) is 3.84. The van der Waals surface area contributed by atoms with Crippen LogP contribution in [0.15, 0.2) is 53.4 Å². The molecule has 2 amide bonds. The van der Waals surface area contributed by atoms with Crippen LogP contribution in [0.3, 0.4) is 0 Å². The second-order valence-corrected chi connectivity index (χ2v) is 8.12. The molecule has 0 spiro atoms. The van der Waals surface area contributed by atoms with Gasteiger partial charge in [0.1, 0.15) is 6.04 Å². The molecular formula is C20H25N3O4S. The third-order valence-electron chi connectivity index (χ3n) is 4.14. The van der Waals surface area contributed by atoms with Crippen molar-refractivity contribution in [3.63, 3.8) is 0 Å². The van der Waals surface area contributed by atoms with Gasteiger partial charge in [-0.1, -0.05) is 36.4 Å². The smallest absolute Gasteiger partial charge is 0.251 e. The van der Waals surface area contributed by atoms with Crippen LogP contribution in [0.5, 0.6) is 0 Å². The van der Waals surface area contributed by atoms with Gasteiger partial charge in [-0.05, 0) is 44.0 Å². The molecule has 0 fully saturated rings. The van der Waals surface area contributed by atoms with Crippen molar-refractivity contribution in [3.05, 3.63) is 65.2 Å². The molecule has 28 heavy (non-hydrogen) atoms. The van der Waals surface area contributed by atoms with E-state index in [9.17, 15) is 18.0 Å². The lowest BCUT2D eigenvalue weighted by atomic mass is 10.1. The Morgan fingerprint density at radius 2 is 1.75 bits per heavy atom. The van der Waals surface area contributed by atoms with Gasteiger partial charge in [-0.15, -0.1) is 0 Å². The predicted octanol–water partition coefficient (Wildman–Crippen LogP) is 1.73. The van der Waals surface area contributed by atoms with Gasteiger partial charge in [-0.2, -0.15) is 0 Å². The summed E-state index contributed by atoms with van der Waals surface area (Å²) < 4.78 is 28.0. The molecule has 0 aliphatic carbocycles. The van der Waals surface area contributed by atoms with Crippen LogP contribution in [-0.4, -0.2) is 32.8 Å². The number of likely N-dealkylation sites (N-methyl/N-ethyl adjacent to an activating group) is 1. The van der Waals surface area contributed by atoms with Crippen LogP contribution in [0.25, 0.3) is 0 Å². The number of benzene rings is 2. The Hall–Kier alpha value is -2.71. The lowest BCUT2D eigenvalue weighted by molar-refractivity contribution is -0.122. The average molecular weight is 404 g/mol. The monoisotopic (exact) mass is 403 g/mol. The van der Waals surface area contributed by atoms with E-state index < -0.39 is 22.0 Å². The van der Waals surface area contributed by atoms with E-state index in [1.807, 2.05) is 30.3 Å². The number of amides is 2. The van der Waals surface area contributed by atoms with Crippen LogP contribution >= 0.6 is 0 Å². The first-order valence-electron chi connectivity index (χ1n) is 8.97. The van der Waals surface area contributed by atoms with Crippen LogP contribution in [-0.2, 0) is 21.4 Å². The topological polar surface area (TPSA) is 104 Å². The number of carbonyl (C=O) groups is 2. The molecule has 1 atom stereocenters. The fourth-order valence-electron chi connectivity index (χ4n) is 2.56. The lowest BCUT2D eigenvalue weighted by Crippen LogP contribution is -2.44. The van der Waals surface area contributed by atoms with Gasteiger partial charge < -0.3 is 10.6 Å². The maximum absolute atomic E-state index is 12.7. The Labute approximate surface area is 165 Å². The first-order chi connectivity index (χ1) is 13.2. The first kappa shape index (κ1) is 21.6. The van der Waals surface area contributed by atoms with Crippen molar-refractivity contribution in [3.8, 4) is 0 Å². The second kappa shape index (κ2) is 9.48. The van der Waals surface area contributed by atoms with Crippen LogP contribution < -0.4 is 15.4 Å². The standard InChI is InChI=1S/C20H25N3O4S/c1-4-21-19(24)15(3)23-20(25)17-11-10-14(2)18(12-17)28(26,27)22-13-16-8-6-5-7-9-16/h5-12,15,22H,4,13H2,1-3H3,(H,21,24)(H,23,25)/t15-/m1/s1. The summed E-state index contributed by atoms with van der Waals surface area (Å²) in [5, 5.41) is 5.19. The van der Waals surface area contributed by atoms with Gasteiger partial charge in [0.2, 0.25) is 15.9 Å². The number of nitrogens with one attached hydrogen (secondary N) is 3. The summed E-state index contributed by atoms with van der Waals surface area (Å²) in [6, 6.07) is 12.8. The highest BCUT2D eigenvalue weighted by Gasteiger charge is 2.21. The third-order valence-corrected chi connectivity index (χ3v) is 5.68. The maximum atomic E-state index is 12.7. The van der Waals surface area contributed by atoms with Crippen LogP contribution in [0.1, 0.15) is 35.3 Å². The summed E-state index contributed by atoms with van der Waals surface area (Å²) in [7, 11) is -3.81. The summed E-state index contributed by atoms with van der Waals surface area (Å²) in [5.41, 5.74) is 1.52. The molecule has 2 rings (SSSR count). The Balaban J connectivity index is 2.17. The predicted molar refractivity (Wildman–Crippen MR) is 107 cm³/mol. The van der Waals surface area contributed by atoms with Crippen molar-refractivity contribution in [1.82, 2.24) is 15.4 Å². The van der Waals surface area contributed by atoms with E-state index >= 15 is 0 Å². The molecule has 0 saturated heterocycles. The van der Waals surface area contributed by atoms with Crippen LogP contribution in [0, 0.1) is 6.92 Å². The molecular weight excluding hydrogens is 378 g/mol. The van der Waals surface area contributed by atoms with E-state index in [1.54, 1.807) is 26.8 Å². The van der Waals surface area contributed by atoms with E-state index in [4.69, 9.17) is 0 Å². The number of hydrogen-bond acceptors (Lipinski definition) is 4. The number of carbonyl (C=O) groups excluding carboxylic acids is 2. The number of hydrogen-bond donors (Lipinski definition) is 3. The van der Waals surface area contributed by atoms with Gasteiger partial charge in [0, 0.05) is 18.7 Å². The minimum Gasteiger partial charge on any atom is -0.355 e. The molecule has 0 unspecified atom stereocenters. The van der Waals surface area contributed by atoms with Gasteiger partial charge in [0.15, 0.2) is 0 Å². The summed E-state index contributed by atoms with van der Waals surface area (Å²) in [6.45, 7) is 5.62. The van der Waals surface area contributed by atoms with Crippen LogP contribution in [0.4, 0.5) is 0 Å². The molecule has 7 nitrogen and oxygen atoms in total. The molecule has 0 heterocycles. The lowest BCUT2D eigenvalue weighted by Gasteiger charge is -2.15. The normalized spacial score (nSPS) is 12.2. The molecule has 0 aliphatic heterocycles. The molecule has 150 valence electrons. The number of rotatable bonds is 8. The number of sulfonamides is 1. The van der Waals surface area contributed by atoms with Gasteiger partial charge in [-0.3, -0.25) is 9.59 Å². The van der Waals surface area contributed by atoms with Gasteiger partial charge >= 0.3 is 0 Å².